The van der Waals surface area contributed by atoms with Crippen LogP contribution >= 0.6 is 15.9 Å². The monoisotopic (exact) mass is 363 g/mol. The Bertz CT molecular complexity index is 530. The van der Waals surface area contributed by atoms with Crippen molar-refractivity contribution >= 4 is 26.0 Å². The maximum absolute atomic E-state index is 12.8. The molecule has 7 heteroatoms. The second-order valence-corrected chi connectivity index (χ2v) is 7.96. The highest BCUT2D eigenvalue weighted by atomic mass is 79.9. The zero-order valence-electron chi connectivity index (χ0n) is 12.0. The summed E-state index contributed by atoms with van der Waals surface area (Å²) in [6.45, 7) is 2.32. The molecule has 1 heterocycles. The summed E-state index contributed by atoms with van der Waals surface area (Å²) in [5.74, 6) is 0.714. The van der Waals surface area contributed by atoms with Crippen molar-refractivity contribution in [2.45, 2.75) is 50.1 Å². The molecule has 0 unspecified atom stereocenters. The molecule has 1 saturated carbocycles. The van der Waals surface area contributed by atoms with Crippen LogP contribution in [0.4, 0.5) is 0 Å². The normalized spacial score (nSPS) is 17.8. The molecule has 1 aromatic rings. The largest absolute Gasteiger partial charge is 0.337 e. The highest BCUT2D eigenvalue weighted by Gasteiger charge is 2.33. The predicted octanol–water partition coefficient (Wildman–Crippen LogP) is 2.45. The summed E-state index contributed by atoms with van der Waals surface area (Å²) in [6.07, 6.45) is 6.95. The quantitative estimate of drug-likeness (QED) is 0.755. The summed E-state index contributed by atoms with van der Waals surface area (Å²) in [4.78, 5) is 4.20. The fraction of sp³-hybridized carbons (Fsp3) is 0.769. The number of imidazole rings is 1. The number of halogens is 1. The Morgan fingerprint density at radius 1 is 1.40 bits per heavy atom. The van der Waals surface area contributed by atoms with E-state index in [9.17, 15) is 8.42 Å². The number of hydrogen-bond donors (Lipinski definition) is 0. The van der Waals surface area contributed by atoms with Gasteiger partial charge in [0.1, 0.15) is 5.82 Å². The van der Waals surface area contributed by atoms with Gasteiger partial charge < -0.3 is 4.57 Å². The standard InChI is InChI=1S/C13H22BrN3O2S/c1-11-15-13(10-16(11)2)20(18,19)17(9-8-14)12-6-4-3-5-7-12/h10,12H,3-9H2,1-2H3. The number of sulfonamides is 1. The van der Waals surface area contributed by atoms with Crippen LogP contribution in [-0.4, -0.2) is 40.2 Å². The zero-order chi connectivity index (χ0) is 14.8. The van der Waals surface area contributed by atoms with Gasteiger partial charge in [-0.3, -0.25) is 0 Å². The lowest BCUT2D eigenvalue weighted by Gasteiger charge is -2.32. The van der Waals surface area contributed by atoms with Crippen molar-refractivity contribution in [3.8, 4) is 0 Å². The third kappa shape index (κ3) is 3.26. The summed E-state index contributed by atoms with van der Waals surface area (Å²) in [7, 11) is -1.68. The van der Waals surface area contributed by atoms with Crippen molar-refractivity contribution in [1.82, 2.24) is 13.9 Å². The predicted molar refractivity (Wildman–Crippen MR) is 82.5 cm³/mol. The summed E-state index contributed by atoms with van der Waals surface area (Å²) in [6, 6.07) is 0.119. The molecule has 0 spiro atoms. The maximum atomic E-state index is 12.8. The molecule has 1 aromatic heterocycles. The van der Waals surface area contributed by atoms with Gasteiger partial charge in [-0.15, -0.1) is 0 Å². The van der Waals surface area contributed by atoms with Crippen LogP contribution in [0, 0.1) is 6.92 Å². The van der Waals surface area contributed by atoms with Gasteiger partial charge in [0, 0.05) is 31.2 Å². The van der Waals surface area contributed by atoms with Gasteiger partial charge in [0.15, 0.2) is 5.03 Å². The number of aryl methyl sites for hydroxylation is 2. The third-order valence-electron chi connectivity index (χ3n) is 3.95. The molecule has 0 aromatic carbocycles. The van der Waals surface area contributed by atoms with Gasteiger partial charge in [-0.05, 0) is 19.8 Å². The van der Waals surface area contributed by atoms with E-state index < -0.39 is 10.0 Å². The minimum atomic E-state index is -3.49. The molecule has 0 aliphatic heterocycles. The van der Waals surface area contributed by atoms with Crippen LogP contribution in [0.3, 0.4) is 0 Å². The highest BCUT2D eigenvalue weighted by molar-refractivity contribution is 9.09. The van der Waals surface area contributed by atoms with Crippen LogP contribution in [0.5, 0.6) is 0 Å². The van der Waals surface area contributed by atoms with E-state index in [1.807, 2.05) is 14.0 Å². The van der Waals surface area contributed by atoms with Crippen LogP contribution in [0.15, 0.2) is 11.2 Å². The molecule has 2 rings (SSSR count). The molecular formula is C13H22BrN3O2S. The van der Waals surface area contributed by atoms with E-state index >= 15 is 0 Å². The second-order valence-electron chi connectivity index (χ2n) is 5.33. The lowest BCUT2D eigenvalue weighted by atomic mass is 9.95. The Hall–Kier alpha value is -0.400. The summed E-state index contributed by atoms with van der Waals surface area (Å²) >= 11 is 3.37. The fourth-order valence-corrected chi connectivity index (χ4v) is 5.05. The van der Waals surface area contributed by atoms with E-state index in [1.165, 1.54) is 6.42 Å². The minimum absolute atomic E-state index is 0.119. The first-order chi connectivity index (χ1) is 9.46. The van der Waals surface area contributed by atoms with E-state index in [2.05, 4.69) is 20.9 Å². The maximum Gasteiger partial charge on any atom is 0.262 e. The van der Waals surface area contributed by atoms with Crippen molar-refractivity contribution in [2.24, 2.45) is 7.05 Å². The van der Waals surface area contributed by atoms with Crippen molar-refractivity contribution in [3.05, 3.63) is 12.0 Å². The molecule has 1 aliphatic rings. The van der Waals surface area contributed by atoms with Crippen LogP contribution in [0.2, 0.25) is 0 Å². The van der Waals surface area contributed by atoms with Gasteiger partial charge in [-0.25, -0.2) is 13.4 Å². The Morgan fingerprint density at radius 2 is 2.05 bits per heavy atom. The average Bonchev–Trinajstić information content (AvgIpc) is 2.77. The molecule has 0 N–H and O–H groups in total. The van der Waals surface area contributed by atoms with Crippen LogP contribution < -0.4 is 0 Å². The number of nitrogens with zero attached hydrogens (tertiary/aromatic N) is 3. The first-order valence-electron chi connectivity index (χ1n) is 7.04. The third-order valence-corrected chi connectivity index (χ3v) is 6.12. The molecular weight excluding hydrogens is 342 g/mol. The van der Waals surface area contributed by atoms with Gasteiger partial charge in [-0.2, -0.15) is 4.31 Å². The number of hydrogen-bond acceptors (Lipinski definition) is 3. The second kappa shape index (κ2) is 6.58. The molecule has 0 amide bonds. The molecule has 1 aliphatic carbocycles. The minimum Gasteiger partial charge on any atom is -0.337 e. The van der Waals surface area contributed by atoms with Gasteiger partial charge >= 0.3 is 0 Å². The lowest BCUT2D eigenvalue weighted by molar-refractivity contribution is 0.262. The first kappa shape index (κ1) is 16.0. The smallest absolute Gasteiger partial charge is 0.262 e. The van der Waals surface area contributed by atoms with E-state index in [0.717, 1.165) is 25.7 Å². The Morgan fingerprint density at radius 3 is 2.55 bits per heavy atom. The molecule has 0 saturated heterocycles. The number of rotatable bonds is 5. The topological polar surface area (TPSA) is 55.2 Å². The summed E-state index contributed by atoms with van der Waals surface area (Å²) in [5, 5.41) is 0.818. The Labute approximate surface area is 129 Å². The van der Waals surface area contributed by atoms with Crippen LogP contribution in [-0.2, 0) is 17.1 Å². The SMILES string of the molecule is Cc1nc(S(=O)(=O)N(CCBr)C2CCCCC2)cn1C. The van der Waals surface area contributed by atoms with E-state index in [4.69, 9.17) is 0 Å². The Kier molecular flexibility index (Phi) is 5.25. The zero-order valence-corrected chi connectivity index (χ0v) is 14.5. The average molecular weight is 364 g/mol. The van der Waals surface area contributed by atoms with Crippen molar-refractivity contribution in [2.75, 3.05) is 11.9 Å². The molecule has 1 fully saturated rings. The first-order valence-corrected chi connectivity index (χ1v) is 9.60. The van der Waals surface area contributed by atoms with Crippen LogP contribution in [0.1, 0.15) is 37.9 Å². The molecule has 20 heavy (non-hydrogen) atoms. The molecule has 0 radical (unpaired) electrons. The number of alkyl halides is 1. The molecule has 0 atom stereocenters. The molecule has 0 bridgehead atoms. The summed E-state index contributed by atoms with van der Waals surface area (Å²) in [5.41, 5.74) is 0. The number of aromatic nitrogens is 2. The van der Waals surface area contributed by atoms with Gasteiger partial charge in [0.2, 0.25) is 0 Å². The van der Waals surface area contributed by atoms with E-state index in [1.54, 1.807) is 15.1 Å². The van der Waals surface area contributed by atoms with Crippen LogP contribution in [0.25, 0.3) is 0 Å². The van der Waals surface area contributed by atoms with E-state index in [-0.39, 0.29) is 11.1 Å². The van der Waals surface area contributed by atoms with E-state index in [0.29, 0.717) is 17.7 Å². The lowest BCUT2D eigenvalue weighted by Crippen LogP contribution is -2.42. The highest BCUT2D eigenvalue weighted by Crippen LogP contribution is 2.27. The van der Waals surface area contributed by atoms with Crippen molar-refractivity contribution in [3.63, 3.8) is 0 Å². The summed E-state index contributed by atoms with van der Waals surface area (Å²) < 4.78 is 29.0. The fourth-order valence-electron chi connectivity index (χ4n) is 2.72. The van der Waals surface area contributed by atoms with Crippen molar-refractivity contribution in [1.29, 1.82) is 0 Å². The van der Waals surface area contributed by atoms with Gasteiger partial charge in [-0.1, -0.05) is 35.2 Å². The molecule has 114 valence electrons. The van der Waals surface area contributed by atoms with Gasteiger partial charge in [0.05, 0.1) is 0 Å². The molecule has 5 nitrogen and oxygen atoms in total. The van der Waals surface area contributed by atoms with Crippen molar-refractivity contribution < 1.29 is 8.42 Å². The van der Waals surface area contributed by atoms with Gasteiger partial charge in [0.25, 0.3) is 10.0 Å². The Balaban J connectivity index is 2.31.